The molecule has 2 unspecified atom stereocenters. The third-order valence-electron chi connectivity index (χ3n) is 5.12. The van der Waals surface area contributed by atoms with Crippen LogP contribution in [0.15, 0.2) is 29.4 Å². The Kier molecular flexibility index (Phi) is 2.79. The van der Waals surface area contributed by atoms with E-state index < -0.39 is 5.97 Å². The summed E-state index contributed by atoms with van der Waals surface area (Å²) in [6, 6.07) is 7.85. The third kappa shape index (κ3) is 1.87. The van der Waals surface area contributed by atoms with Crippen LogP contribution < -0.4 is 0 Å². The number of benzene rings is 1. The summed E-state index contributed by atoms with van der Waals surface area (Å²) in [6.07, 6.45) is 2.46. The molecule has 110 valence electrons. The molecular formula is C16H19N3O2. The first-order valence-corrected chi connectivity index (χ1v) is 7.53. The topological polar surface area (TPSA) is 56.1 Å². The van der Waals surface area contributed by atoms with Crippen molar-refractivity contribution in [3.8, 4) is 0 Å². The highest BCUT2D eigenvalue weighted by Gasteiger charge is 2.48. The molecule has 0 aromatic heterocycles. The zero-order valence-corrected chi connectivity index (χ0v) is 12.1. The van der Waals surface area contributed by atoms with Crippen LogP contribution in [-0.4, -0.2) is 52.9 Å². The molecule has 21 heavy (non-hydrogen) atoms. The minimum absolute atomic E-state index is 0.214. The van der Waals surface area contributed by atoms with E-state index in [1.807, 2.05) is 19.2 Å². The second-order valence-electron chi connectivity index (χ2n) is 6.23. The highest BCUT2D eigenvalue weighted by Crippen LogP contribution is 2.42. The van der Waals surface area contributed by atoms with Gasteiger partial charge in [-0.1, -0.05) is 12.1 Å². The number of carboxylic acid groups (broad SMARTS) is 1. The van der Waals surface area contributed by atoms with Crippen molar-refractivity contribution >= 4 is 11.7 Å². The number of rotatable bonds is 2. The molecule has 0 aliphatic carbocycles. The van der Waals surface area contributed by atoms with Gasteiger partial charge in [-0.05, 0) is 43.6 Å². The lowest BCUT2D eigenvalue weighted by molar-refractivity contribution is 0.0696. The molecule has 0 saturated carbocycles. The summed E-state index contributed by atoms with van der Waals surface area (Å²) < 4.78 is 0. The molecular weight excluding hydrogens is 266 g/mol. The molecule has 2 atom stereocenters. The number of likely N-dealkylation sites (N-methyl/N-ethyl adjacent to an activating group) is 1. The van der Waals surface area contributed by atoms with E-state index in [-0.39, 0.29) is 6.04 Å². The van der Waals surface area contributed by atoms with Crippen LogP contribution in [0, 0.1) is 5.92 Å². The van der Waals surface area contributed by atoms with Gasteiger partial charge in [0.2, 0.25) is 0 Å². The first kappa shape index (κ1) is 12.8. The fraction of sp³-hybridized carbons (Fsp3) is 0.500. The Hall–Kier alpha value is -1.88. The first-order valence-electron chi connectivity index (χ1n) is 7.53. The fourth-order valence-electron chi connectivity index (χ4n) is 4.07. The zero-order valence-electron chi connectivity index (χ0n) is 12.1. The number of hydrogen-bond donors (Lipinski definition) is 1. The Labute approximate surface area is 123 Å². The average molecular weight is 285 g/mol. The molecule has 0 spiro atoms. The van der Waals surface area contributed by atoms with E-state index in [1.54, 1.807) is 12.1 Å². The maximum Gasteiger partial charge on any atom is 0.335 e. The molecule has 4 aliphatic heterocycles. The van der Waals surface area contributed by atoms with Crippen molar-refractivity contribution < 1.29 is 9.90 Å². The second-order valence-corrected chi connectivity index (χ2v) is 6.23. The van der Waals surface area contributed by atoms with Crippen molar-refractivity contribution in [3.63, 3.8) is 0 Å². The summed E-state index contributed by atoms with van der Waals surface area (Å²) in [5, 5.41) is 15.9. The Balaban J connectivity index is 1.67. The van der Waals surface area contributed by atoms with Gasteiger partial charge in [-0.15, -0.1) is 0 Å². The number of nitrogens with zero attached hydrogens (tertiary/aromatic N) is 3. The summed E-state index contributed by atoms with van der Waals surface area (Å²) in [6.45, 7) is 2.32. The maximum atomic E-state index is 11.0. The van der Waals surface area contributed by atoms with Crippen LogP contribution >= 0.6 is 0 Å². The SMILES string of the molecule is CN1N=C2C3CCN(CC3)C2C1c1ccc(C(=O)O)cc1. The van der Waals surface area contributed by atoms with Crippen LogP contribution in [-0.2, 0) is 0 Å². The van der Waals surface area contributed by atoms with Crippen LogP contribution in [0.25, 0.3) is 0 Å². The maximum absolute atomic E-state index is 11.0. The normalized spacial score (nSPS) is 33.8. The lowest BCUT2D eigenvalue weighted by Gasteiger charge is -2.46. The second kappa shape index (κ2) is 4.56. The van der Waals surface area contributed by atoms with E-state index in [2.05, 4.69) is 9.91 Å². The highest BCUT2D eigenvalue weighted by molar-refractivity contribution is 5.95. The molecule has 0 amide bonds. The summed E-state index contributed by atoms with van der Waals surface area (Å²) in [5.41, 5.74) is 2.83. The van der Waals surface area contributed by atoms with Crippen molar-refractivity contribution in [2.75, 3.05) is 20.1 Å². The quantitative estimate of drug-likeness (QED) is 0.900. The molecule has 1 aromatic carbocycles. The van der Waals surface area contributed by atoms with Gasteiger partial charge >= 0.3 is 5.97 Å². The van der Waals surface area contributed by atoms with Crippen molar-refractivity contribution in [3.05, 3.63) is 35.4 Å². The molecule has 3 fully saturated rings. The Bertz CT molecular complexity index is 602. The highest BCUT2D eigenvalue weighted by atomic mass is 16.4. The number of aromatic carboxylic acids is 1. The number of carboxylic acids is 1. The van der Waals surface area contributed by atoms with Crippen LogP contribution in [0.2, 0.25) is 0 Å². The molecule has 4 aliphatic rings. The number of piperidine rings is 3. The molecule has 3 saturated heterocycles. The van der Waals surface area contributed by atoms with Crippen LogP contribution in [0.1, 0.15) is 34.8 Å². The minimum Gasteiger partial charge on any atom is -0.478 e. The number of carbonyl (C=O) groups is 1. The van der Waals surface area contributed by atoms with E-state index >= 15 is 0 Å². The standard InChI is InChI=1S/C16H19N3O2/c1-18-14(11-2-4-12(5-3-11)16(20)21)15-13(17-18)10-6-8-19(15)9-7-10/h2-5,10,14-15H,6-9H2,1H3,(H,20,21). The molecule has 5 heteroatoms. The van der Waals surface area contributed by atoms with E-state index in [0.717, 1.165) is 18.7 Å². The Morgan fingerprint density at radius 2 is 1.86 bits per heavy atom. The third-order valence-corrected chi connectivity index (χ3v) is 5.12. The summed E-state index contributed by atoms with van der Waals surface area (Å²) in [4.78, 5) is 13.5. The zero-order chi connectivity index (χ0) is 14.6. The van der Waals surface area contributed by atoms with Gasteiger partial charge in [-0.25, -0.2) is 4.79 Å². The summed E-state index contributed by atoms with van der Waals surface area (Å²) >= 11 is 0. The van der Waals surface area contributed by atoms with Gasteiger partial charge in [-0.3, -0.25) is 9.91 Å². The monoisotopic (exact) mass is 285 g/mol. The first-order chi connectivity index (χ1) is 10.1. The van der Waals surface area contributed by atoms with E-state index in [4.69, 9.17) is 10.2 Å². The lowest BCUT2D eigenvalue weighted by atomic mass is 9.78. The van der Waals surface area contributed by atoms with Gasteiger partial charge in [0.15, 0.2) is 0 Å². The number of hydrazone groups is 1. The summed E-state index contributed by atoms with van der Waals surface area (Å²) in [7, 11) is 2.03. The molecule has 4 heterocycles. The predicted octanol–water partition coefficient (Wildman–Crippen LogP) is 1.82. The molecule has 5 nitrogen and oxygen atoms in total. The molecule has 1 N–H and O–H groups in total. The van der Waals surface area contributed by atoms with Crippen LogP contribution in [0.4, 0.5) is 0 Å². The molecule has 5 rings (SSSR count). The van der Waals surface area contributed by atoms with Gasteiger partial charge in [0.25, 0.3) is 0 Å². The minimum atomic E-state index is -0.876. The van der Waals surface area contributed by atoms with Gasteiger partial charge in [0.05, 0.1) is 23.4 Å². The van der Waals surface area contributed by atoms with Crippen molar-refractivity contribution in [2.45, 2.75) is 24.9 Å². The summed E-state index contributed by atoms with van der Waals surface area (Å²) in [5.74, 6) is -0.232. The van der Waals surface area contributed by atoms with Gasteiger partial charge in [0, 0.05) is 13.0 Å². The smallest absolute Gasteiger partial charge is 0.335 e. The predicted molar refractivity (Wildman–Crippen MR) is 79.4 cm³/mol. The Morgan fingerprint density at radius 3 is 2.48 bits per heavy atom. The van der Waals surface area contributed by atoms with Crippen molar-refractivity contribution in [2.24, 2.45) is 11.0 Å². The lowest BCUT2D eigenvalue weighted by Crippen LogP contribution is -2.56. The van der Waals surface area contributed by atoms with Crippen LogP contribution in [0.3, 0.4) is 0 Å². The van der Waals surface area contributed by atoms with E-state index in [9.17, 15) is 4.79 Å². The molecule has 2 bridgehead atoms. The van der Waals surface area contributed by atoms with Crippen molar-refractivity contribution in [1.29, 1.82) is 0 Å². The molecule has 0 radical (unpaired) electrons. The van der Waals surface area contributed by atoms with Crippen LogP contribution in [0.5, 0.6) is 0 Å². The van der Waals surface area contributed by atoms with Gasteiger partial charge in [0.1, 0.15) is 0 Å². The number of hydrogen-bond acceptors (Lipinski definition) is 4. The Morgan fingerprint density at radius 1 is 1.19 bits per heavy atom. The number of fused-ring (bicyclic) bond motifs is 2. The van der Waals surface area contributed by atoms with E-state index in [0.29, 0.717) is 17.5 Å². The fourth-order valence-corrected chi connectivity index (χ4v) is 4.07. The average Bonchev–Trinajstić information content (AvgIpc) is 2.87. The largest absolute Gasteiger partial charge is 0.478 e. The van der Waals surface area contributed by atoms with Gasteiger partial charge in [-0.2, -0.15) is 5.10 Å². The van der Waals surface area contributed by atoms with E-state index in [1.165, 1.54) is 18.6 Å². The molecule has 1 aromatic rings. The van der Waals surface area contributed by atoms with Gasteiger partial charge < -0.3 is 5.11 Å². The van der Waals surface area contributed by atoms with Crippen molar-refractivity contribution in [1.82, 2.24) is 9.91 Å².